The molecule has 0 saturated heterocycles. The molecule has 0 N–H and O–H groups in total. The Morgan fingerprint density at radius 3 is 2.33 bits per heavy atom. The van der Waals surface area contributed by atoms with E-state index in [0.29, 0.717) is 0 Å². The molecule has 0 aromatic carbocycles. The summed E-state index contributed by atoms with van der Waals surface area (Å²) in [5.74, 6) is 0.766. The zero-order valence-electron chi connectivity index (χ0n) is 11.0. The normalized spacial score (nSPS) is 12.5. The molecule has 0 unspecified atom stereocenters. The van der Waals surface area contributed by atoms with Crippen molar-refractivity contribution in [1.82, 2.24) is 9.78 Å². The van der Waals surface area contributed by atoms with Gasteiger partial charge in [-0.05, 0) is 52.0 Å². The molecule has 0 aliphatic heterocycles. The Labute approximate surface area is 93.7 Å². The molecule has 1 heterocycles. The molecular weight excluding hydrogens is 184 g/mol. The number of aromatic nitrogens is 2. The minimum atomic E-state index is 0.0974. The number of nitrogens with zero attached hydrogens (tertiary/aromatic N) is 2. The summed E-state index contributed by atoms with van der Waals surface area (Å²) in [7, 11) is 0. The number of aryl methyl sites for hydroxylation is 1. The van der Waals surface area contributed by atoms with Crippen LogP contribution in [-0.2, 0) is 12.0 Å². The summed E-state index contributed by atoms with van der Waals surface area (Å²) < 4.78 is 2.13. The van der Waals surface area contributed by atoms with Crippen LogP contribution in [-0.4, -0.2) is 9.78 Å². The first-order valence-electron chi connectivity index (χ1n) is 5.86. The maximum Gasteiger partial charge on any atom is 0.0546 e. The molecule has 1 rings (SSSR count). The smallest absolute Gasteiger partial charge is 0.0546 e. The minimum absolute atomic E-state index is 0.0974. The molecule has 2 nitrogen and oxygen atoms in total. The maximum absolute atomic E-state index is 4.48. The Kier molecular flexibility index (Phi) is 3.58. The van der Waals surface area contributed by atoms with Gasteiger partial charge in [-0.2, -0.15) is 5.10 Å². The van der Waals surface area contributed by atoms with Crippen molar-refractivity contribution in [2.24, 2.45) is 5.92 Å². The third-order valence-corrected chi connectivity index (χ3v) is 2.74. The lowest BCUT2D eigenvalue weighted by Gasteiger charge is -2.21. The van der Waals surface area contributed by atoms with Gasteiger partial charge in [0, 0.05) is 5.69 Å². The van der Waals surface area contributed by atoms with Crippen LogP contribution >= 0.6 is 0 Å². The van der Waals surface area contributed by atoms with Crippen LogP contribution in [0, 0.1) is 12.8 Å². The highest BCUT2D eigenvalue weighted by molar-refractivity contribution is 5.17. The van der Waals surface area contributed by atoms with Crippen molar-refractivity contribution in [3.63, 3.8) is 0 Å². The summed E-state index contributed by atoms with van der Waals surface area (Å²) >= 11 is 0. The van der Waals surface area contributed by atoms with E-state index in [4.69, 9.17) is 0 Å². The summed E-state index contributed by atoms with van der Waals surface area (Å²) in [5, 5.41) is 4.48. The van der Waals surface area contributed by atoms with Gasteiger partial charge in [0.25, 0.3) is 0 Å². The minimum Gasteiger partial charge on any atom is -0.264 e. The molecule has 15 heavy (non-hydrogen) atoms. The fourth-order valence-corrected chi connectivity index (χ4v) is 1.81. The van der Waals surface area contributed by atoms with E-state index in [1.54, 1.807) is 0 Å². The molecular formula is C13H24N2. The Morgan fingerprint density at radius 1 is 1.33 bits per heavy atom. The molecule has 0 spiro atoms. The van der Waals surface area contributed by atoms with E-state index >= 15 is 0 Å². The summed E-state index contributed by atoms with van der Waals surface area (Å²) in [6.07, 6.45) is 4.43. The van der Waals surface area contributed by atoms with Gasteiger partial charge in [-0.3, -0.25) is 4.68 Å². The Hall–Kier alpha value is -0.790. The fraction of sp³-hybridized carbons (Fsp3) is 0.769. The van der Waals surface area contributed by atoms with E-state index in [2.05, 4.69) is 51.3 Å². The molecule has 0 aliphatic rings. The lowest BCUT2D eigenvalue weighted by atomic mass is 10.0. The number of hydrogen-bond acceptors (Lipinski definition) is 1. The zero-order chi connectivity index (χ0) is 11.6. The highest BCUT2D eigenvalue weighted by atomic mass is 15.3. The van der Waals surface area contributed by atoms with Crippen LogP contribution in [0.1, 0.15) is 52.3 Å². The predicted molar refractivity (Wildman–Crippen MR) is 65.1 cm³/mol. The van der Waals surface area contributed by atoms with E-state index in [-0.39, 0.29) is 5.54 Å². The third-order valence-electron chi connectivity index (χ3n) is 2.74. The standard InChI is InChI=1S/C13H24N2/c1-10(2)7-8-12-9-14-15(11(12)3)13(4,5)6/h9-10H,7-8H2,1-6H3. The first-order valence-corrected chi connectivity index (χ1v) is 5.86. The highest BCUT2D eigenvalue weighted by Gasteiger charge is 2.17. The van der Waals surface area contributed by atoms with Gasteiger partial charge >= 0.3 is 0 Å². The van der Waals surface area contributed by atoms with Crippen molar-refractivity contribution in [2.45, 2.75) is 59.9 Å². The van der Waals surface area contributed by atoms with Gasteiger partial charge < -0.3 is 0 Å². The van der Waals surface area contributed by atoms with E-state index in [9.17, 15) is 0 Å². The number of rotatable bonds is 3. The first-order chi connectivity index (χ1) is 6.82. The van der Waals surface area contributed by atoms with Crippen LogP contribution in [0.2, 0.25) is 0 Å². The van der Waals surface area contributed by atoms with Crippen molar-refractivity contribution in [1.29, 1.82) is 0 Å². The van der Waals surface area contributed by atoms with Crippen molar-refractivity contribution >= 4 is 0 Å². The third kappa shape index (κ3) is 3.08. The molecule has 0 amide bonds. The molecule has 1 aromatic rings. The lowest BCUT2D eigenvalue weighted by Crippen LogP contribution is -2.24. The van der Waals surface area contributed by atoms with Gasteiger partial charge in [0.1, 0.15) is 0 Å². The second kappa shape index (κ2) is 4.38. The van der Waals surface area contributed by atoms with Crippen LogP contribution in [0.4, 0.5) is 0 Å². The molecule has 0 atom stereocenters. The summed E-state index contributed by atoms with van der Waals surface area (Å²) in [6, 6.07) is 0. The number of hydrogen-bond donors (Lipinski definition) is 0. The SMILES string of the molecule is Cc1c(CCC(C)C)cnn1C(C)(C)C. The second-order valence-electron chi connectivity index (χ2n) is 5.77. The Bertz CT molecular complexity index is 316. The van der Waals surface area contributed by atoms with Crippen LogP contribution < -0.4 is 0 Å². The van der Waals surface area contributed by atoms with Crippen molar-refractivity contribution in [3.8, 4) is 0 Å². The van der Waals surface area contributed by atoms with E-state index in [1.807, 2.05) is 6.20 Å². The van der Waals surface area contributed by atoms with Gasteiger partial charge in [0.15, 0.2) is 0 Å². The monoisotopic (exact) mass is 208 g/mol. The van der Waals surface area contributed by atoms with E-state index in [1.165, 1.54) is 17.7 Å². The van der Waals surface area contributed by atoms with Crippen LogP contribution in [0.3, 0.4) is 0 Å². The van der Waals surface area contributed by atoms with Gasteiger partial charge in [0.05, 0.1) is 11.7 Å². The summed E-state index contributed by atoms with van der Waals surface area (Å²) in [4.78, 5) is 0. The summed E-state index contributed by atoms with van der Waals surface area (Å²) in [5.41, 5.74) is 2.82. The molecule has 0 radical (unpaired) electrons. The van der Waals surface area contributed by atoms with Gasteiger partial charge in [-0.15, -0.1) is 0 Å². The zero-order valence-corrected chi connectivity index (χ0v) is 11.0. The first kappa shape index (κ1) is 12.3. The molecule has 0 bridgehead atoms. The van der Waals surface area contributed by atoms with E-state index in [0.717, 1.165) is 12.3 Å². The lowest BCUT2D eigenvalue weighted by molar-refractivity contribution is 0.347. The Morgan fingerprint density at radius 2 is 1.93 bits per heavy atom. The van der Waals surface area contributed by atoms with E-state index < -0.39 is 0 Å². The second-order valence-corrected chi connectivity index (χ2v) is 5.77. The predicted octanol–water partition coefficient (Wildman–Crippen LogP) is 3.54. The average molecular weight is 208 g/mol. The molecule has 0 saturated carbocycles. The molecule has 2 heteroatoms. The van der Waals surface area contributed by atoms with Gasteiger partial charge in [-0.25, -0.2) is 0 Å². The highest BCUT2D eigenvalue weighted by Crippen LogP contribution is 2.20. The quantitative estimate of drug-likeness (QED) is 0.743. The van der Waals surface area contributed by atoms with Crippen LogP contribution in [0.25, 0.3) is 0 Å². The van der Waals surface area contributed by atoms with Gasteiger partial charge in [-0.1, -0.05) is 13.8 Å². The van der Waals surface area contributed by atoms with Crippen molar-refractivity contribution in [2.75, 3.05) is 0 Å². The van der Waals surface area contributed by atoms with Crippen LogP contribution in [0.5, 0.6) is 0 Å². The largest absolute Gasteiger partial charge is 0.264 e. The Balaban J connectivity index is 2.81. The fourth-order valence-electron chi connectivity index (χ4n) is 1.81. The van der Waals surface area contributed by atoms with Crippen molar-refractivity contribution in [3.05, 3.63) is 17.5 Å². The molecule has 0 aliphatic carbocycles. The topological polar surface area (TPSA) is 17.8 Å². The van der Waals surface area contributed by atoms with Crippen LogP contribution in [0.15, 0.2) is 6.20 Å². The molecule has 1 aromatic heterocycles. The maximum atomic E-state index is 4.48. The molecule has 0 fully saturated rings. The van der Waals surface area contributed by atoms with Crippen molar-refractivity contribution < 1.29 is 0 Å². The van der Waals surface area contributed by atoms with Gasteiger partial charge in [0.2, 0.25) is 0 Å². The average Bonchev–Trinajstić information content (AvgIpc) is 2.42. The molecule has 86 valence electrons. The summed E-state index contributed by atoms with van der Waals surface area (Å²) in [6.45, 7) is 13.3.